The molecule has 0 atom stereocenters. The van der Waals surface area contributed by atoms with E-state index in [0.717, 1.165) is 41.0 Å². The Morgan fingerprint density at radius 3 is 2.29 bits per heavy atom. The molecule has 0 aliphatic heterocycles. The van der Waals surface area contributed by atoms with Crippen LogP contribution >= 0.6 is 0 Å². The molecule has 31 heavy (non-hydrogen) atoms. The van der Waals surface area contributed by atoms with Gasteiger partial charge < -0.3 is 4.57 Å². The Balaban J connectivity index is 1.60. The summed E-state index contributed by atoms with van der Waals surface area (Å²) < 4.78 is 31.2. The summed E-state index contributed by atoms with van der Waals surface area (Å²) in [5, 5.41) is 0. The molecule has 0 bridgehead atoms. The van der Waals surface area contributed by atoms with Crippen LogP contribution in [0.1, 0.15) is 30.8 Å². The quantitative estimate of drug-likeness (QED) is 0.415. The standard InChI is InChI=1S/C25H27N3O2S/c1-3-19-11-6-10-16-24(19)31(29,30)27-21-13-7-5-12-20(21)17-18-25-26-22-14-8-9-15-23(22)28(25)4-2/h5-16,27H,3-4,17-18H2,1-2H3. The topological polar surface area (TPSA) is 64.0 Å². The molecule has 4 rings (SSSR count). The fourth-order valence-corrected chi connectivity index (χ4v) is 5.43. The first-order valence-electron chi connectivity index (χ1n) is 10.7. The lowest BCUT2D eigenvalue weighted by Gasteiger charge is -2.15. The normalized spacial score (nSPS) is 11.7. The van der Waals surface area contributed by atoms with Crippen LogP contribution in [0.4, 0.5) is 5.69 Å². The van der Waals surface area contributed by atoms with Crippen LogP contribution in [0.15, 0.2) is 77.7 Å². The molecular formula is C25H27N3O2S. The van der Waals surface area contributed by atoms with Crippen molar-refractivity contribution in [2.75, 3.05) is 4.72 Å². The molecular weight excluding hydrogens is 406 g/mol. The summed E-state index contributed by atoms with van der Waals surface area (Å²) >= 11 is 0. The Bertz CT molecular complexity index is 1310. The van der Waals surface area contributed by atoms with Gasteiger partial charge in [0.1, 0.15) is 5.82 Å². The van der Waals surface area contributed by atoms with Crippen molar-refractivity contribution in [3.05, 3.63) is 89.7 Å². The monoisotopic (exact) mass is 433 g/mol. The highest BCUT2D eigenvalue weighted by atomic mass is 32.2. The van der Waals surface area contributed by atoms with E-state index in [9.17, 15) is 8.42 Å². The minimum absolute atomic E-state index is 0.333. The molecule has 0 fully saturated rings. The van der Waals surface area contributed by atoms with Crippen molar-refractivity contribution in [2.45, 2.75) is 44.6 Å². The fraction of sp³-hybridized carbons (Fsp3) is 0.240. The van der Waals surface area contributed by atoms with Crippen molar-refractivity contribution in [1.82, 2.24) is 9.55 Å². The van der Waals surface area contributed by atoms with E-state index in [1.165, 1.54) is 0 Å². The van der Waals surface area contributed by atoms with E-state index >= 15 is 0 Å². The molecule has 1 N–H and O–H groups in total. The van der Waals surface area contributed by atoms with Gasteiger partial charge in [0.2, 0.25) is 0 Å². The highest BCUT2D eigenvalue weighted by Gasteiger charge is 2.19. The maximum atomic E-state index is 13.1. The lowest BCUT2D eigenvalue weighted by atomic mass is 10.1. The van der Waals surface area contributed by atoms with Crippen molar-refractivity contribution in [3.63, 3.8) is 0 Å². The predicted octanol–water partition coefficient (Wildman–Crippen LogP) is 5.20. The highest BCUT2D eigenvalue weighted by Crippen LogP contribution is 2.24. The first-order chi connectivity index (χ1) is 15.0. The minimum atomic E-state index is -3.67. The van der Waals surface area contributed by atoms with Gasteiger partial charge in [-0.15, -0.1) is 0 Å². The minimum Gasteiger partial charge on any atom is -0.328 e. The summed E-state index contributed by atoms with van der Waals surface area (Å²) in [4.78, 5) is 5.13. The molecule has 0 spiro atoms. The number of nitrogens with one attached hydrogen (secondary N) is 1. The predicted molar refractivity (Wildman–Crippen MR) is 126 cm³/mol. The molecule has 0 amide bonds. The van der Waals surface area contributed by atoms with Gasteiger partial charge in [-0.1, -0.05) is 55.5 Å². The van der Waals surface area contributed by atoms with E-state index in [0.29, 0.717) is 23.4 Å². The summed E-state index contributed by atoms with van der Waals surface area (Å²) in [6.45, 7) is 4.92. The van der Waals surface area contributed by atoms with E-state index in [1.54, 1.807) is 12.1 Å². The number of para-hydroxylation sites is 3. The number of rotatable bonds is 8. The Kier molecular flexibility index (Phi) is 6.09. The second kappa shape index (κ2) is 8.94. The van der Waals surface area contributed by atoms with Crippen LogP contribution in [0.25, 0.3) is 11.0 Å². The number of aromatic nitrogens is 2. The van der Waals surface area contributed by atoms with Gasteiger partial charge in [-0.05, 0) is 55.2 Å². The zero-order chi connectivity index (χ0) is 21.8. The third-order valence-electron chi connectivity index (χ3n) is 5.57. The number of hydrogen-bond acceptors (Lipinski definition) is 3. The van der Waals surface area contributed by atoms with Gasteiger partial charge in [0.05, 0.1) is 21.6 Å². The van der Waals surface area contributed by atoms with Crippen molar-refractivity contribution in [1.29, 1.82) is 0 Å². The number of benzene rings is 3. The highest BCUT2D eigenvalue weighted by molar-refractivity contribution is 7.92. The van der Waals surface area contributed by atoms with Crippen LogP contribution < -0.4 is 4.72 Å². The van der Waals surface area contributed by atoms with Crippen molar-refractivity contribution in [2.24, 2.45) is 0 Å². The number of nitrogens with zero attached hydrogens (tertiary/aromatic N) is 2. The number of sulfonamides is 1. The first-order valence-corrected chi connectivity index (χ1v) is 12.1. The van der Waals surface area contributed by atoms with E-state index < -0.39 is 10.0 Å². The summed E-state index contributed by atoms with van der Waals surface area (Å²) in [5.41, 5.74) is 4.50. The lowest BCUT2D eigenvalue weighted by molar-refractivity contribution is 0.600. The van der Waals surface area contributed by atoms with Crippen molar-refractivity contribution < 1.29 is 8.42 Å². The van der Waals surface area contributed by atoms with Crippen LogP contribution in [0, 0.1) is 0 Å². The molecule has 0 aliphatic rings. The number of aryl methyl sites for hydroxylation is 4. The van der Waals surface area contributed by atoms with Crippen molar-refractivity contribution >= 4 is 26.7 Å². The van der Waals surface area contributed by atoms with E-state index in [1.807, 2.05) is 61.5 Å². The molecule has 0 saturated carbocycles. The Labute approximate surface area is 183 Å². The smallest absolute Gasteiger partial charge is 0.262 e. The van der Waals surface area contributed by atoms with Crippen LogP contribution in [-0.2, 0) is 35.8 Å². The molecule has 4 aromatic rings. The molecule has 1 heterocycles. The second-order valence-corrected chi connectivity index (χ2v) is 9.14. The number of fused-ring (bicyclic) bond motifs is 1. The van der Waals surface area contributed by atoms with Gasteiger partial charge in [0.15, 0.2) is 0 Å². The molecule has 0 radical (unpaired) electrons. The number of hydrogen-bond donors (Lipinski definition) is 1. The summed E-state index contributed by atoms with van der Waals surface area (Å²) in [5.74, 6) is 1.01. The summed E-state index contributed by atoms with van der Waals surface area (Å²) in [6, 6.07) is 22.9. The molecule has 1 aromatic heterocycles. The second-order valence-electron chi connectivity index (χ2n) is 7.48. The van der Waals surface area contributed by atoms with Crippen LogP contribution in [-0.4, -0.2) is 18.0 Å². The number of imidazole rings is 1. The van der Waals surface area contributed by atoms with Gasteiger partial charge in [0.25, 0.3) is 10.0 Å². The third kappa shape index (κ3) is 4.35. The maximum absolute atomic E-state index is 13.1. The first kappa shape index (κ1) is 21.1. The number of anilines is 1. The molecule has 5 nitrogen and oxygen atoms in total. The zero-order valence-corrected chi connectivity index (χ0v) is 18.7. The molecule has 0 aliphatic carbocycles. The maximum Gasteiger partial charge on any atom is 0.262 e. The Morgan fingerprint density at radius 1 is 0.839 bits per heavy atom. The van der Waals surface area contributed by atoms with Crippen LogP contribution in [0.2, 0.25) is 0 Å². The molecule has 0 saturated heterocycles. The molecule has 160 valence electrons. The van der Waals surface area contributed by atoms with Gasteiger partial charge in [-0.25, -0.2) is 13.4 Å². The van der Waals surface area contributed by atoms with Crippen LogP contribution in [0.5, 0.6) is 0 Å². The fourth-order valence-electron chi connectivity index (χ4n) is 4.01. The zero-order valence-electron chi connectivity index (χ0n) is 17.9. The lowest BCUT2D eigenvalue weighted by Crippen LogP contribution is -2.16. The summed E-state index contributed by atoms with van der Waals surface area (Å²) in [7, 11) is -3.67. The van der Waals surface area contributed by atoms with Crippen molar-refractivity contribution in [3.8, 4) is 0 Å². The summed E-state index contributed by atoms with van der Waals surface area (Å²) in [6.07, 6.45) is 2.08. The average molecular weight is 434 g/mol. The molecule has 0 unspecified atom stereocenters. The SMILES string of the molecule is CCc1ccccc1S(=O)(=O)Nc1ccccc1CCc1nc2ccccc2n1CC. The molecule has 3 aromatic carbocycles. The molecule has 6 heteroatoms. The van der Waals surface area contributed by atoms with Gasteiger partial charge >= 0.3 is 0 Å². The van der Waals surface area contributed by atoms with Crippen LogP contribution in [0.3, 0.4) is 0 Å². The van der Waals surface area contributed by atoms with Gasteiger partial charge in [0, 0.05) is 13.0 Å². The Hall–Kier alpha value is -3.12. The average Bonchev–Trinajstić information content (AvgIpc) is 3.15. The van der Waals surface area contributed by atoms with E-state index in [-0.39, 0.29) is 0 Å². The largest absolute Gasteiger partial charge is 0.328 e. The Morgan fingerprint density at radius 2 is 1.52 bits per heavy atom. The van der Waals surface area contributed by atoms with Gasteiger partial charge in [-0.2, -0.15) is 0 Å². The van der Waals surface area contributed by atoms with E-state index in [2.05, 4.69) is 22.3 Å². The third-order valence-corrected chi connectivity index (χ3v) is 7.04. The van der Waals surface area contributed by atoms with Gasteiger partial charge in [-0.3, -0.25) is 4.72 Å². The van der Waals surface area contributed by atoms with E-state index in [4.69, 9.17) is 4.98 Å².